The molecule has 0 atom stereocenters. The lowest BCUT2D eigenvalue weighted by molar-refractivity contribution is -0.155. The number of benzene rings is 3. The van der Waals surface area contributed by atoms with E-state index in [1.807, 2.05) is 24.3 Å². The minimum absolute atomic E-state index is 0.248. The van der Waals surface area contributed by atoms with E-state index in [2.05, 4.69) is 0 Å². The smallest absolute Gasteiger partial charge is 0.357 e. The molecule has 0 unspecified atom stereocenters. The van der Waals surface area contributed by atoms with Crippen molar-refractivity contribution in [2.75, 3.05) is 7.11 Å². The van der Waals surface area contributed by atoms with Gasteiger partial charge < -0.3 is 14.6 Å². The Morgan fingerprint density at radius 1 is 0.815 bits per heavy atom. The topological polar surface area (TPSA) is 72.8 Å². The van der Waals surface area contributed by atoms with Crippen LogP contribution in [0.25, 0.3) is 11.1 Å². The summed E-state index contributed by atoms with van der Waals surface area (Å²) in [6.45, 7) is 0. The number of esters is 1. The molecule has 134 valence electrons. The van der Waals surface area contributed by atoms with Crippen molar-refractivity contribution in [3.05, 3.63) is 89.5 Å². The van der Waals surface area contributed by atoms with Gasteiger partial charge in [0.1, 0.15) is 5.75 Å². The van der Waals surface area contributed by atoms with E-state index in [1.54, 1.807) is 48.5 Å². The van der Waals surface area contributed by atoms with Crippen LogP contribution < -0.4 is 4.74 Å². The lowest BCUT2D eigenvalue weighted by Crippen LogP contribution is -2.40. The molecule has 0 radical (unpaired) electrons. The molecule has 4 rings (SSSR count). The molecule has 0 spiro atoms. The SMILES string of the molecule is COc1ccc(C(=O)OC2(C(=O)O)c3ccccc3-c3ccccc32)cc1. The summed E-state index contributed by atoms with van der Waals surface area (Å²) in [7, 11) is 1.53. The number of hydrogen-bond donors (Lipinski definition) is 1. The number of methoxy groups -OCH3 is 1. The van der Waals surface area contributed by atoms with E-state index in [-0.39, 0.29) is 5.56 Å². The van der Waals surface area contributed by atoms with Gasteiger partial charge in [-0.25, -0.2) is 9.59 Å². The Morgan fingerprint density at radius 2 is 1.33 bits per heavy atom. The van der Waals surface area contributed by atoms with Crippen molar-refractivity contribution in [3.8, 4) is 16.9 Å². The Bertz CT molecular complexity index is 991. The van der Waals surface area contributed by atoms with Crippen LogP contribution in [0.1, 0.15) is 21.5 Å². The predicted molar refractivity (Wildman–Crippen MR) is 98.7 cm³/mol. The molecule has 0 fully saturated rings. The van der Waals surface area contributed by atoms with Crippen molar-refractivity contribution in [2.45, 2.75) is 5.60 Å². The largest absolute Gasteiger partial charge is 0.497 e. The summed E-state index contributed by atoms with van der Waals surface area (Å²) in [5, 5.41) is 10.1. The number of aliphatic carboxylic acids is 1. The molecule has 0 bridgehead atoms. The van der Waals surface area contributed by atoms with Crippen LogP contribution in [-0.2, 0) is 15.1 Å². The Morgan fingerprint density at radius 3 is 1.81 bits per heavy atom. The standard InChI is InChI=1S/C22H16O5/c1-26-15-12-10-14(11-13-15)20(23)27-22(21(24)25)18-8-4-2-6-16(18)17-7-3-5-9-19(17)22/h2-13H,1H3,(H,24,25). The zero-order valence-corrected chi connectivity index (χ0v) is 14.5. The van der Waals surface area contributed by atoms with Gasteiger partial charge in [0, 0.05) is 11.1 Å². The molecule has 3 aromatic rings. The molecule has 5 nitrogen and oxygen atoms in total. The van der Waals surface area contributed by atoms with Crippen LogP contribution in [0.5, 0.6) is 5.75 Å². The fraction of sp³-hybridized carbons (Fsp3) is 0.0909. The molecule has 0 aliphatic heterocycles. The zero-order valence-electron chi connectivity index (χ0n) is 14.5. The molecular formula is C22H16O5. The monoisotopic (exact) mass is 360 g/mol. The second-order valence-corrected chi connectivity index (χ2v) is 6.20. The van der Waals surface area contributed by atoms with Crippen LogP contribution in [0.3, 0.4) is 0 Å². The fourth-order valence-electron chi connectivity index (χ4n) is 3.50. The summed E-state index contributed by atoms with van der Waals surface area (Å²) in [6.07, 6.45) is 0. The maximum Gasteiger partial charge on any atom is 0.357 e. The highest BCUT2D eigenvalue weighted by atomic mass is 16.6. The molecule has 1 aliphatic carbocycles. The van der Waals surface area contributed by atoms with Gasteiger partial charge in [0.25, 0.3) is 5.60 Å². The number of ether oxygens (including phenoxy) is 2. The van der Waals surface area contributed by atoms with Gasteiger partial charge in [-0.3, -0.25) is 0 Å². The molecule has 0 saturated carbocycles. The molecular weight excluding hydrogens is 344 g/mol. The molecule has 0 heterocycles. The van der Waals surface area contributed by atoms with E-state index in [0.717, 1.165) is 11.1 Å². The molecule has 5 heteroatoms. The summed E-state index contributed by atoms with van der Waals surface area (Å²) in [6, 6.07) is 20.5. The number of carboxylic acids is 1. The summed E-state index contributed by atoms with van der Waals surface area (Å²) in [5.74, 6) is -1.36. The number of hydrogen-bond acceptors (Lipinski definition) is 4. The molecule has 1 N–H and O–H groups in total. The maximum absolute atomic E-state index is 12.8. The molecule has 0 amide bonds. The first-order valence-electron chi connectivity index (χ1n) is 8.38. The van der Waals surface area contributed by atoms with Crippen LogP contribution in [0.15, 0.2) is 72.8 Å². The first-order valence-corrected chi connectivity index (χ1v) is 8.38. The lowest BCUT2D eigenvalue weighted by Gasteiger charge is -2.27. The molecule has 27 heavy (non-hydrogen) atoms. The highest BCUT2D eigenvalue weighted by Gasteiger charge is 2.53. The van der Waals surface area contributed by atoms with E-state index >= 15 is 0 Å². The van der Waals surface area contributed by atoms with Gasteiger partial charge in [0.05, 0.1) is 12.7 Å². The average molecular weight is 360 g/mol. The number of carbonyl (C=O) groups is 2. The third-order valence-electron chi connectivity index (χ3n) is 4.78. The number of carboxylic acid groups (broad SMARTS) is 1. The van der Waals surface area contributed by atoms with Gasteiger partial charge in [0.15, 0.2) is 0 Å². The van der Waals surface area contributed by atoms with E-state index in [4.69, 9.17) is 9.47 Å². The molecule has 0 saturated heterocycles. The van der Waals surface area contributed by atoms with Crippen molar-refractivity contribution in [3.63, 3.8) is 0 Å². The highest BCUT2D eigenvalue weighted by molar-refractivity contribution is 5.99. The first-order chi connectivity index (χ1) is 13.1. The van der Waals surface area contributed by atoms with E-state index in [0.29, 0.717) is 16.9 Å². The predicted octanol–water partition coefficient (Wildman–Crippen LogP) is 3.86. The van der Waals surface area contributed by atoms with Crippen molar-refractivity contribution in [2.24, 2.45) is 0 Å². The first kappa shape index (κ1) is 16.8. The quantitative estimate of drug-likeness (QED) is 0.715. The normalized spacial score (nSPS) is 13.4. The summed E-state index contributed by atoms with van der Waals surface area (Å²) in [4.78, 5) is 25.2. The Hall–Kier alpha value is -3.60. The minimum atomic E-state index is -1.88. The van der Waals surface area contributed by atoms with Crippen LogP contribution in [0.4, 0.5) is 0 Å². The van der Waals surface area contributed by atoms with Crippen molar-refractivity contribution in [1.82, 2.24) is 0 Å². The van der Waals surface area contributed by atoms with E-state index in [9.17, 15) is 14.7 Å². The van der Waals surface area contributed by atoms with Crippen LogP contribution in [-0.4, -0.2) is 24.2 Å². The second kappa shape index (κ2) is 6.29. The van der Waals surface area contributed by atoms with E-state index < -0.39 is 17.5 Å². The maximum atomic E-state index is 12.8. The van der Waals surface area contributed by atoms with Crippen LogP contribution >= 0.6 is 0 Å². The van der Waals surface area contributed by atoms with Gasteiger partial charge in [0.2, 0.25) is 0 Å². The molecule has 0 aromatic heterocycles. The van der Waals surface area contributed by atoms with Crippen LogP contribution in [0.2, 0.25) is 0 Å². The number of fused-ring (bicyclic) bond motifs is 3. The van der Waals surface area contributed by atoms with Gasteiger partial charge in [-0.1, -0.05) is 48.5 Å². The third-order valence-corrected chi connectivity index (χ3v) is 4.78. The summed E-state index contributed by atoms with van der Waals surface area (Å²) < 4.78 is 10.8. The Balaban J connectivity index is 1.84. The molecule has 1 aliphatic rings. The third kappa shape index (κ3) is 2.47. The Labute approximate surface area is 155 Å². The van der Waals surface area contributed by atoms with Gasteiger partial charge in [-0.15, -0.1) is 0 Å². The van der Waals surface area contributed by atoms with Crippen LogP contribution in [0, 0.1) is 0 Å². The summed E-state index contributed by atoms with van der Waals surface area (Å²) >= 11 is 0. The van der Waals surface area contributed by atoms with Gasteiger partial charge in [-0.2, -0.15) is 0 Å². The van der Waals surface area contributed by atoms with E-state index in [1.165, 1.54) is 7.11 Å². The Kier molecular flexibility index (Phi) is 3.92. The molecule has 3 aromatic carbocycles. The lowest BCUT2D eigenvalue weighted by atomic mass is 9.91. The van der Waals surface area contributed by atoms with Gasteiger partial charge >= 0.3 is 11.9 Å². The highest BCUT2D eigenvalue weighted by Crippen LogP contribution is 2.50. The van der Waals surface area contributed by atoms with Crippen molar-refractivity contribution < 1.29 is 24.2 Å². The number of rotatable bonds is 4. The van der Waals surface area contributed by atoms with Gasteiger partial charge in [-0.05, 0) is 35.4 Å². The fourth-order valence-corrected chi connectivity index (χ4v) is 3.50. The second-order valence-electron chi connectivity index (χ2n) is 6.20. The van der Waals surface area contributed by atoms with Crippen molar-refractivity contribution in [1.29, 1.82) is 0 Å². The summed E-state index contributed by atoms with van der Waals surface area (Å²) in [5.41, 5.74) is 0.750. The minimum Gasteiger partial charge on any atom is -0.497 e. The number of carbonyl (C=O) groups excluding carboxylic acids is 1. The average Bonchev–Trinajstić information content (AvgIpc) is 2.99. The van der Waals surface area contributed by atoms with Crippen molar-refractivity contribution >= 4 is 11.9 Å². The zero-order chi connectivity index (χ0) is 19.0.